The second-order valence-electron chi connectivity index (χ2n) is 4.02. The number of carbonyl (C=O) groups is 1. The molecule has 0 radical (unpaired) electrons. The van der Waals surface area contributed by atoms with E-state index in [1.807, 2.05) is 0 Å². The number of fused-ring (bicyclic) bond motifs is 1. The molecule has 1 aromatic heterocycles. The van der Waals surface area contributed by atoms with Crippen LogP contribution in [-0.4, -0.2) is 15.8 Å². The van der Waals surface area contributed by atoms with Gasteiger partial charge in [-0.25, -0.2) is 9.97 Å². The first-order chi connectivity index (χ1) is 6.70. The van der Waals surface area contributed by atoms with Crippen LogP contribution < -0.4 is 0 Å². The summed E-state index contributed by atoms with van der Waals surface area (Å²) in [6.07, 6.45) is 4.05. The molecular formula is C11H14N2O. The summed E-state index contributed by atoms with van der Waals surface area (Å²) in [5.41, 5.74) is 2.79. The lowest BCUT2D eigenvalue weighted by molar-refractivity contribution is 0.0966. The molecule has 0 bridgehead atoms. The first-order valence-electron chi connectivity index (χ1n) is 5.07. The van der Waals surface area contributed by atoms with E-state index in [0.29, 0.717) is 18.0 Å². The molecule has 0 amide bonds. The first kappa shape index (κ1) is 9.31. The number of Topliss-reactive ketones (excluding diaryl/α,β-unsaturated/α-hetero) is 1. The third-order valence-corrected chi connectivity index (χ3v) is 2.62. The number of ketones is 1. The monoisotopic (exact) mass is 190 g/mol. The summed E-state index contributed by atoms with van der Waals surface area (Å²) < 4.78 is 0. The van der Waals surface area contributed by atoms with E-state index in [2.05, 4.69) is 23.8 Å². The molecule has 1 heterocycles. The van der Waals surface area contributed by atoms with Crippen LogP contribution in [0.15, 0.2) is 6.33 Å². The van der Waals surface area contributed by atoms with Crippen LogP contribution >= 0.6 is 0 Å². The average molecular weight is 190 g/mol. The van der Waals surface area contributed by atoms with Gasteiger partial charge in [-0.15, -0.1) is 0 Å². The van der Waals surface area contributed by atoms with Crippen molar-refractivity contribution in [2.45, 2.75) is 39.0 Å². The molecule has 0 fully saturated rings. The highest BCUT2D eigenvalue weighted by atomic mass is 16.1. The van der Waals surface area contributed by atoms with Gasteiger partial charge in [0.1, 0.15) is 12.0 Å². The van der Waals surface area contributed by atoms with Gasteiger partial charge in [0.15, 0.2) is 5.78 Å². The Morgan fingerprint density at radius 3 is 2.79 bits per heavy atom. The molecule has 0 saturated carbocycles. The summed E-state index contributed by atoms with van der Waals surface area (Å²) in [6.45, 7) is 4.20. The fourth-order valence-corrected chi connectivity index (χ4v) is 1.95. The van der Waals surface area contributed by atoms with Crippen molar-refractivity contribution in [2.24, 2.45) is 0 Å². The van der Waals surface area contributed by atoms with E-state index in [-0.39, 0.29) is 5.78 Å². The summed E-state index contributed by atoms with van der Waals surface area (Å²) in [5, 5.41) is 0. The molecule has 0 aromatic carbocycles. The Bertz CT molecular complexity index is 372. The van der Waals surface area contributed by atoms with E-state index in [1.54, 1.807) is 0 Å². The topological polar surface area (TPSA) is 42.9 Å². The Balaban J connectivity index is 2.55. The van der Waals surface area contributed by atoms with Crippen molar-refractivity contribution < 1.29 is 4.79 Å². The van der Waals surface area contributed by atoms with Crippen molar-refractivity contribution in [3.05, 3.63) is 23.3 Å². The van der Waals surface area contributed by atoms with Gasteiger partial charge in [-0.3, -0.25) is 4.79 Å². The van der Waals surface area contributed by atoms with Crippen molar-refractivity contribution in [3.63, 3.8) is 0 Å². The van der Waals surface area contributed by atoms with E-state index in [0.717, 1.165) is 24.1 Å². The summed E-state index contributed by atoms with van der Waals surface area (Å²) in [7, 11) is 0. The van der Waals surface area contributed by atoms with E-state index in [4.69, 9.17) is 0 Å². The van der Waals surface area contributed by atoms with Crippen LogP contribution in [0.25, 0.3) is 0 Å². The fourth-order valence-electron chi connectivity index (χ4n) is 1.95. The number of hydrogen-bond acceptors (Lipinski definition) is 3. The third kappa shape index (κ3) is 1.43. The van der Waals surface area contributed by atoms with Crippen molar-refractivity contribution >= 4 is 5.78 Å². The molecule has 1 aliphatic rings. The third-order valence-electron chi connectivity index (χ3n) is 2.62. The molecule has 0 aliphatic heterocycles. The Hall–Kier alpha value is -1.25. The average Bonchev–Trinajstić information content (AvgIpc) is 2.17. The van der Waals surface area contributed by atoms with Crippen molar-refractivity contribution in [2.75, 3.05) is 0 Å². The molecule has 0 spiro atoms. The molecule has 74 valence electrons. The lowest BCUT2D eigenvalue weighted by Gasteiger charge is -2.17. The van der Waals surface area contributed by atoms with Crippen LogP contribution in [0.1, 0.15) is 54.4 Å². The quantitative estimate of drug-likeness (QED) is 0.681. The molecule has 14 heavy (non-hydrogen) atoms. The van der Waals surface area contributed by atoms with Crippen LogP contribution in [-0.2, 0) is 6.42 Å². The second kappa shape index (κ2) is 3.48. The number of hydrogen-bond donors (Lipinski definition) is 0. The highest BCUT2D eigenvalue weighted by Crippen LogP contribution is 2.25. The van der Waals surface area contributed by atoms with Gasteiger partial charge < -0.3 is 0 Å². The van der Waals surface area contributed by atoms with Crippen LogP contribution in [0.3, 0.4) is 0 Å². The van der Waals surface area contributed by atoms with E-state index >= 15 is 0 Å². The molecule has 1 aromatic rings. The maximum atomic E-state index is 11.6. The van der Waals surface area contributed by atoms with Crippen LogP contribution in [0.2, 0.25) is 0 Å². The van der Waals surface area contributed by atoms with Gasteiger partial charge in [0.25, 0.3) is 0 Å². The fraction of sp³-hybridized carbons (Fsp3) is 0.545. The summed E-state index contributed by atoms with van der Waals surface area (Å²) in [4.78, 5) is 19.9. The number of rotatable bonds is 1. The van der Waals surface area contributed by atoms with Crippen LogP contribution in [0.5, 0.6) is 0 Å². The van der Waals surface area contributed by atoms with Crippen molar-refractivity contribution in [1.29, 1.82) is 0 Å². The van der Waals surface area contributed by atoms with E-state index in [1.165, 1.54) is 6.33 Å². The zero-order valence-electron chi connectivity index (χ0n) is 8.58. The zero-order chi connectivity index (χ0) is 10.1. The number of carbonyl (C=O) groups excluding carboxylic acids is 1. The Morgan fingerprint density at radius 2 is 2.07 bits per heavy atom. The van der Waals surface area contributed by atoms with Crippen LogP contribution in [0, 0.1) is 0 Å². The van der Waals surface area contributed by atoms with Gasteiger partial charge in [-0.2, -0.15) is 0 Å². The summed E-state index contributed by atoms with van der Waals surface area (Å²) in [5.74, 6) is 0.549. The van der Waals surface area contributed by atoms with Gasteiger partial charge in [0, 0.05) is 12.0 Å². The molecule has 1 aliphatic carbocycles. The van der Waals surface area contributed by atoms with Gasteiger partial charge >= 0.3 is 0 Å². The van der Waals surface area contributed by atoms with E-state index < -0.39 is 0 Å². The minimum atomic E-state index is 0.176. The van der Waals surface area contributed by atoms with Gasteiger partial charge in [0.05, 0.1) is 5.69 Å². The molecule has 0 unspecified atom stereocenters. The van der Waals surface area contributed by atoms with E-state index in [9.17, 15) is 4.79 Å². The van der Waals surface area contributed by atoms with Gasteiger partial charge in [-0.1, -0.05) is 13.8 Å². The zero-order valence-corrected chi connectivity index (χ0v) is 8.58. The molecule has 3 nitrogen and oxygen atoms in total. The van der Waals surface area contributed by atoms with Crippen molar-refractivity contribution in [1.82, 2.24) is 9.97 Å². The first-order valence-corrected chi connectivity index (χ1v) is 5.07. The maximum absolute atomic E-state index is 11.6. The molecule has 0 N–H and O–H groups in total. The smallest absolute Gasteiger partial charge is 0.181 e. The predicted octanol–water partition coefficient (Wildman–Crippen LogP) is 2.12. The molecule has 0 atom stereocenters. The molecule has 2 rings (SSSR count). The Morgan fingerprint density at radius 1 is 1.29 bits per heavy atom. The highest BCUT2D eigenvalue weighted by Gasteiger charge is 2.22. The second-order valence-corrected chi connectivity index (χ2v) is 4.02. The number of nitrogens with zero attached hydrogens (tertiary/aromatic N) is 2. The van der Waals surface area contributed by atoms with Crippen molar-refractivity contribution in [3.8, 4) is 0 Å². The summed E-state index contributed by atoms with van der Waals surface area (Å²) in [6, 6.07) is 0. The predicted molar refractivity (Wildman–Crippen MR) is 53.4 cm³/mol. The molecule has 3 heteroatoms. The molecule has 0 saturated heterocycles. The van der Waals surface area contributed by atoms with Gasteiger partial charge in [0.2, 0.25) is 0 Å². The minimum absolute atomic E-state index is 0.176. The number of aromatic nitrogens is 2. The Kier molecular flexibility index (Phi) is 2.32. The normalized spacial score (nSPS) is 15.8. The lowest BCUT2D eigenvalue weighted by atomic mass is 9.90. The Labute approximate surface area is 83.6 Å². The minimum Gasteiger partial charge on any atom is -0.292 e. The summed E-state index contributed by atoms with van der Waals surface area (Å²) >= 11 is 0. The van der Waals surface area contributed by atoms with Crippen LogP contribution in [0.4, 0.5) is 0 Å². The molecular weight excluding hydrogens is 176 g/mol. The standard InChI is InChI=1S/C11H14N2O/c1-7(2)10-8-4-3-5-9(14)11(8)13-6-12-10/h6-7H,3-5H2,1-2H3. The SMILES string of the molecule is CC(C)c1ncnc2c1CCCC2=O. The highest BCUT2D eigenvalue weighted by molar-refractivity contribution is 5.96. The largest absolute Gasteiger partial charge is 0.292 e. The maximum Gasteiger partial charge on any atom is 0.181 e. The van der Waals surface area contributed by atoms with Gasteiger partial charge in [-0.05, 0) is 18.8 Å². The lowest BCUT2D eigenvalue weighted by Crippen LogP contribution is -2.16.